The van der Waals surface area contributed by atoms with Crippen LogP contribution in [-0.4, -0.2) is 21.6 Å². The number of aromatic amines is 1. The first-order valence-electron chi connectivity index (χ1n) is 8.43. The molecule has 0 fully saturated rings. The van der Waals surface area contributed by atoms with Gasteiger partial charge in [-0.2, -0.15) is 0 Å². The largest absolute Gasteiger partial charge is 0.382 e. The Bertz CT molecular complexity index is 1020. The van der Waals surface area contributed by atoms with Crippen LogP contribution in [0, 0.1) is 0 Å². The number of rotatable bonds is 5. The van der Waals surface area contributed by atoms with Crippen LogP contribution in [0.4, 0.5) is 5.82 Å². The molecule has 2 aromatic heterocycles. The lowest BCUT2D eigenvalue weighted by molar-refractivity contribution is 0.129. The third-order valence-electron chi connectivity index (χ3n) is 4.26. The molecule has 0 atom stereocenters. The molecule has 0 saturated heterocycles. The maximum Gasteiger partial charge on any atom is 0.150 e. The van der Waals surface area contributed by atoms with Crippen molar-refractivity contribution in [2.24, 2.45) is 0 Å². The Labute approximate surface area is 145 Å². The number of nitrogens with one attached hydrogen (secondary N) is 1. The van der Waals surface area contributed by atoms with Gasteiger partial charge in [0.2, 0.25) is 0 Å². The van der Waals surface area contributed by atoms with Crippen molar-refractivity contribution >= 4 is 27.8 Å². The van der Waals surface area contributed by atoms with E-state index in [2.05, 4.69) is 57.4 Å². The number of pyridine rings is 1. The fourth-order valence-electron chi connectivity index (χ4n) is 3.07. The molecular formula is C20H20N4O. The van der Waals surface area contributed by atoms with Crippen LogP contribution < -0.4 is 5.73 Å². The molecule has 0 radical (unpaired) electrons. The number of ether oxygens (including phenoxy) is 1. The van der Waals surface area contributed by atoms with Gasteiger partial charge < -0.3 is 15.5 Å². The highest BCUT2D eigenvalue weighted by molar-refractivity contribution is 6.06. The van der Waals surface area contributed by atoms with E-state index in [0.717, 1.165) is 34.2 Å². The molecule has 0 spiro atoms. The molecule has 4 aromatic rings. The number of aromatic nitrogens is 3. The van der Waals surface area contributed by atoms with Crippen LogP contribution >= 0.6 is 0 Å². The molecule has 0 aliphatic rings. The molecule has 2 aromatic carbocycles. The van der Waals surface area contributed by atoms with Crippen molar-refractivity contribution < 1.29 is 4.74 Å². The normalized spacial score (nSPS) is 11.4. The molecule has 4 rings (SSSR count). The Morgan fingerprint density at radius 1 is 1.04 bits per heavy atom. The van der Waals surface area contributed by atoms with E-state index in [-0.39, 0.29) is 0 Å². The number of hydrogen-bond acceptors (Lipinski definition) is 4. The maximum atomic E-state index is 6.14. The Hall–Kier alpha value is -2.92. The lowest BCUT2D eigenvalue weighted by atomic mass is 10.0. The molecule has 25 heavy (non-hydrogen) atoms. The zero-order valence-corrected chi connectivity index (χ0v) is 14.1. The first-order valence-corrected chi connectivity index (χ1v) is 8.43. The van der Waals surface area contributed by atoms with E-state index in [0.29, 0.717) is 19.0 Å². The summed E-state index contributed by atoms with van der Waals surface area (Å²) >= 11 is 0. The van der Waals surface area contributed by atoms with Crippen molar-refractivity contribution in [3.63, 3.8) is 0 Å². The maximum absolute atomic E-state index is 6.14. The van der Waals surface area contributed by atoms with E-state index in [9.17, 15) is 0 Å². The second-order valence-corrected chi connectivity index (χ2v) is 6.06. The van der Waals surface area contributed by atoms with Crippen molar-refractivity contribution in [2.75, 3.05) is 12.3 Å². The Balaban J connectivity index is 1.76. The summed E-state index contributed by atoms with van der Waals surface area (Å²) in [5.41, 5.74) is 11.1. The average Bonchev–Trinajstić information content (AvgIpc) is 3.06. The summed E-state index contributed by atoms with van der Waals surface area (Å²) in [7, 11) is 0. The van der Waals surface area contributed by atoms with E-state index in [1.165, 1.54) is 11.1 Å². The van der Waals surface area contributed by atoms with Gasteiger partial charge in [-0.1, -0.05) is 42.5 Å². The van der Waals surface area contributed by atoms with Gasteiger partial charge in [0.1, 0.15) is 29.3 Å². The summed E-state index contributed by atoms with van der Waals surface area (Å²) in [5.74, 6) is 1.24. The van der Waals surface area contributed by atoms with Gasteiger partial charge in [0.05, 0.1) is 5.52 Å². The van der Waals surface area contributed by atoms with E-state index in [1.807, 2.05) is 13.0 Å². The topological polar surface area (TPSA) is 76.8 Å². The standard InChI is InChI=1S/C20H20N4O/c1-2-25-12-17-23-18-15-9-8-14(10-13-6-4-3-5-7-13)11-16(15)22-20(21)19(18)24-17/h3-9,11H,2,10,12H2,1H3,(H2,21,22)(H,23,24). The van der Waals surface area contributed by atoms with Crippen LogP contribution in [0.3, 0.4) is 0 Å². The van der Waals surface area contributed by atoms with Crippen LogP contribution in [0.1, 0.15) is 23.9 Å². The number of nitrogens with zero attached hydrogens (tertiary/aromatic N) is 2. The summed E-state index contributed by atoms with van der Waals surface area (Å²) in [5, 5.41) is 1.00. The quantitative estimate of drug-likeness (QED) is 0.582. The highest BCUT2D eigenvalue weighted by atomic mass is 16.5. The SMILES string of the molecule is CCOCc1nc2c([nH]1)c(N)nc1cc(Cc3ccccc3)ccc12. The van der Waals surface area contributed by atoms with Gasteiger partial charge >= 0.3 is 0 Å². The molecule has 3 N–H and O–H groups in total. The van der Waals surface area contributed by atoms with Crippen molar-refractivity contribution in [3.8, 4) is 0 Å². The number of nitrogen functional groups attached to an aromatic ring is 1. The minimum absolute atomic E-state index is 0.443. The van der Waals surface area contributed by atoms with Crippen LogP contribution in [0.5, 0.6) is 0 Å². The lowest BCUT2D eigenvalue weighted by Gasteiger charge is -2.05. The van der Waals surface area contributed by atoms with Gasteiger partial charge in [-0.3, -0.25) is 0 Å². The zero-order valence-electron chi connectivity index (χ0n) is 14.1. The van der Waals surface area contributed by atoms with Gasteiger partial charge in [0.15, 0.2) is 0 Å². The Morgan fingerprint density at radius 3 is 2.68 bits per heavy atom. The number of imidazole rings is 1. The third kappa shape index (κ3) is 3.06. The van der Waals surface area contributed by atoms with Gasteiger partial charge in [0.25, 0.3) is 0 Å². The molecule has 0 amide bonds. The average molecular weight is 332 g/mol. The molecule has 0 aliphatic carbocycles. The van der Waals surface area contributed by atoms with Gasteiger partial charge in [-0.15, -0.1) is 0 Å². The summed E-state index contributed by atoms with van der Waals surface area (Å²) < 4.78 is 5.43. The molecule has 2 heterocycles. The van der Waals surface area contributed by atoms with E-state index < -0.39 is 0 Å². The van der Waals surface area contributed by atoms with Crippen LogP contribution in [-0.2, 0) is 17.8 Å². The van der Waals surface area contributed by atoms with Crippen LogP contribution in [0.2, 0.25) is 0 Å². The van der Waals surface area contributed by atoms with Crippen molar-refractivity contribution in [1.29, 1.82) is 0 Å². The van der Waals surface area contributed by atoms with Crippen molar-refractivity contribution in [1.82, 2.24) is 15.0 Å². The molecular weight excluding hydrogens is 312 g/mol. The third-order valence-corrected chi connectivity index (χ3v) is 4.26. The molecule has 5 heteroatoms. The monoisotopic (exact) mass is 332 g/mol. The number of fused-ring (bicyclic) bond motifs is 3. The van der Waals surface area contributed by atoms with E-state index in [1.54, 1.807) is 0 Å². The summed E-state index contributed by atoms with van der Waals surface area (Å²) in [6, 6.07) is 16.7. The minimum Gasteiger partial charge on any atom is -0.382 e. The minimum atomic E-state index is 0.443. The van der Waals surface area contributed by atoms with Crippen LogP contribution in [0.15, 0.2) is 48.5 Å². The molecule has 0 aliphatic heterocycles. The molecule has 0 bridgehead atoms. The zero-order chi connectivity index (χ0) is 17.2. The van der Waals surface area contributed by atoms with Crippen LogP contribution in [0.25, 0.3) is 21.9 Å². The number of hydrogen-bond donors (Lipinski definition) is 2. The summed E-state index contributed by atoms with van der Waals surface area (Å²) in [6.07, 6.45) is 0.868. The Kier molecular flexibility index (Phi) is 4.07. The second-order valence-electron chi connectivity index (χ2n) is 6.06. The number of nitrogens with two attached hydrogens (primary N) is 1. The predicted octanol–water partition coefficient (Wildman–Crippen LogP) is 3.82. The van der Waals surface area contributed by atoms with Gasteiger partial charge in [-0.05, 0) is 30.5 Å². The Morgan fingerprint density at radius 2 is 1.88 bits per heavy atom. The highest BCUT2D eigenvalue weighted by Gasteiger charge is 2.12. The van der Waals surface area contributed by atoms with Crippen molar-refractivity contribution in [3.05, 3.63) is 65.5 Å². The van der Waals surface area contributed by atoms with Crippen molar-refractivity contribution in [2.45, 2.75) is 20.0 Å². The first-order chi connectivity index (χ1) is 12.2. The second kappa shape index (κ2) is 6.53. The number of anilines is 1. The molecule has 0 saturated carbocycles. The van der Waals surface area contributed by atoms with Gasteiger partial charge in [0, 0.05) is 12.0 Å². The fourth-order valence-corrected chi connectivity index (χ4v) is 3.07. The smallest absolute Gasteiger partial charge is 0.150 e. The predicted molar refractivity (Wildman–Crippen MR) is 100 cm³/mol. The molecule has 0 unspecified atom stereocenters. The fraction of sp³-hybridized carbons (Fsp3) is 0.200. The lowest BCUT2D eigenvalue weighted by Crippen LogP contribution is -1.95. The molecule has 5 nitrogen and oxygen atoms in total. The number of H-pyrrole nitrogens is 1. The number of benzene rings is 2. The summed E-state index contributed by atoms with van der Waals surface area (Å²) in [4.78, 5) is 12.4. The van der Waals surface area contributed by atoms with E-state index >= 15 is 0 Å². The van der Waals surface area contributed by atoms with Gasteiger partial charge in [-0.25, -0.2) is 9.97 Å². The first kappa shape index (κ1) is 15.6. The highest BCUT2D eigenvalue weighted by Crippen LogP contribution is 2.27. The summed E-state index contributed by atoms with van der Waals surface area (Å²) in [6.45, 7) is 3.05. The van der Waals surface area contributed by atoms with E-state index in [4.69, 9.17) is 10.5 Å². The molecule has 126 valence electrons.